The summed E-state index contributed by atoms with van der Waals surface area (Å²) in [6, 6.07) is 13.4. The van der Waals surface area contributed by atoms with Crippen molar-refractivity contribution >= 4 is 39.2 Å². The molecule has 4 aromatic rings. The van der Waals surface area contributed by atoms with Crippen molar-refractivity contribution in [3.8, 4) is 5.69 Å². The minimum Gasteiger partial charge on any atom is -0.383 e. The van der Waals surface area contributed by atoms with Gasteiger partial charge in [0.25, 0.3) is 5.56 Å². The van der Waals surface area contributed by atoms with Gasteiger partial charge in [0.05, 0.1) is 23.2 Å². The van der Waals surface area contributed by atoms with Crippen LogP contribution < -0.4 is 16.6 Å². The molecule has 2 aromatic heterocycles. The summed E-state index contributed by atoms with van der Waals surface area (Å²) in [5.41, 5.74) is 7.09. The maximum absolute atomic E-state index is 14.7. The van der Waals surface area contributed by atoms with E-state index in [0.717, 1.165) is 10.9 Å². The summed E-state index contributed by atoms with van der Waals surface area (Å²) in [4.78, 5) is 21.4. The van der Waals surface area contributed by atoms with Gasteiger partial charge in [-0.3, -0.25) is 14.8 Å². The molecule has 4 rings (SSSR count). The molecule has 0 radical (unpaired) electrons. The first kappa shape index (κ1) is 20.5. The molecular weight excluding hydrogens is 419 g/mol. The van der Waals surface area contributed by atoms with E-state index >= 15 is 0 Å². The van der Waals surface area contributed by atoms with E-state index in [1.54, 1.807) is 18.2 Å². The molecule has 0 aliphatic heterocycles. The lowest BCUT2D eigenvalue weighted by molar-refractivity contribution is 0.614. The van der Waals surface area contributed by atoms with Gasteiger partial charge < -0.3 is 11.1 Å². The molecular formula is C22H18ClFN6O. The molecule has 0 saturated carbocycles. The Hall–Kier alpha value is -3.78. The van der Waals surface area contributed by atoms with Gasteiger partial charge in [-0.05, 0) is 36.1 Å². The highest BCUT2D eigenvalue weighted by atomic mass is 35.5. The molecule has 156 valence electrons. The largest absolute Gasteiger partial charge is 0.383 e. The molecule has 2 heterocycles. The zero-order valence-corrected chi connectivity index (χ0v) is 17.2. The Morgan fingerprint density at radius 1 is 1.23 bits per heavy atom. The fraction of sp³-hybridized carbons (Fsp3) is 0.0909. The van der Waals surface area contributed by atoms with Crippen LogP contribution in [0.2, 0.25) is 0 Å². The van der Waals surface area contributed by atoms with Crippen LogP contribution in [-0.2, 0) is 6.54 Å². The van der Waals surface area contributed by atoms with Gasteiger partial charge in [-0.25, -0.2) is 14.4 Å². The normalized spacial score (nSPS) is 10.9. The van der Waals surface area contributed by atoms with Crippen LogP contribution in [0.1, 0.15) is 16.8 Å². The number of nitrogens with two attached hydrogens (primary N) is 1. The van der Waals surface area contributed by atoms with E-state index in [0.29, 0.717) is 11.1 Å². The standard InChI is InChI=1S/C22H18ClFN6O/c1-12-5-4-6-13-9-14(10-27-21-18(19(23)25)20(26)28-11-29-21)30(22(31)17(12)13)16-8-3-2-7-15(16)24/h2-9,11,25H,10H2,1H3,(H3,26,27,28,29). The Labute approximate surface area is 181 Å². The lowest BCUT2D eigenvalue weighted by Crippen LogP contribution is -2.25. The van der Waals surface area contributed by atoms with Crippen LogP contribution >= 0.6 is 11.6 Å². The van der Waals surface area contributed by atoms with Crippen molar-refractivity contribution in [2.24, 2.45) is 0 Å². The molecule has 0 bridgehead atoms. The number of halogens is 2. The topological polar surface area (TPSA) is 110 Å². The van der Waals surface area contributed by atoms with Crippen LogP contribution in [0.3, 0.4) is 0 Å². The predicted octanol–water partition coefficient (Wildman–Crippen LogP) is 3.99. The third-order valence-electron chi connectivity index (χ3n) is 4.96. The van der Waals surface area contributed by atoms with E-state index < -0.39 is 5.82 Å². The molecule has 31 heavy (non-hydrogen) atoms. The molecule has 0 amide bonds. The van der Waals surface area contributed by atoms with Gasteiger partial charge in [0.1, 0.15) is 29.0 Å². The van der Waals surface area contributed by atoms with Crippen LogP contribution in [0.5, 0.6) is 0 Å². The molecule has 4 N–H and O–H groups in total. The summed E-state index contributed by atoms with van der Waals surface area (Å²) < 4.78 is 16.0. The number of hydrogen-bond acceptors (Lipinski definition) is 6. The van der Waals surface area contributed by atoms with Gasteiger partial charge in [0.2, 0.25) is 0 Å². The number of aromatic nitrogens is 3. The van der Waals surface area contributed by atoms with E-state index in [2.05, 4.69) is 15.3 Å². The fourth-order valence-electron chi connectivity index (χ4n) is 3.54. The first-order chi connectivity index (χ1) is 14.9. The van der Waals surface area contributed by atoms with Crippen LogP contribution in [0.25, 0.3) is 16.5 Å². The second-order valence-corrected chi connectivity index (χ2v) is 7.29. The highest BCUT2D eigenvalue weighted by Gasteiger charge is 2.17. The fourth-order valence-corrected chi connectivity index (χ4v) is 3.73. The van der Waals surface area contributed by atoms with E-state index in [4.69, 9.17) is 22.7 Å². The summed E-state index contributed by atoms with van der Waals surface area (Å²) in [5, 5.41) is 11.7. The van der Waals surface area contributed by atoms with Gasteiger partial charge in [-0.1, -0.05) is 41.9 Å². The molecule has 7 nitrogen and oxygen atoms in total. The molecule has 9 heteroatoms. The Morgan fingerprint density at radius 3 is 2.74 bits per heavy atom. The van der Waals surface area contributed by atoms with Crippen LogP contribution in [0.4, 0.5) is 16.0 Å². The number of anilines is 2. The molecule has 0 spiro atoms. The first-order valence-corrected chi connectivity index (χ1v) is 9.74. The van der Waals surface area contributed by atoms with Crippen molar-refractivity contribution in [1.82, 2.24) is 14.5 Å². The lowest BCUT2D eigenvalue weighted by atomic mass is 10.1. The number of benzene rings is 2. The summed E-state index contributed by atoms with van der Waals surface area (Å²) in [7, 11) is 0. The molecule has 0 fully saturated rings. The van der Waals surface area contributed by atoms with E-state index in [-0.39, 0.29) is 40.2 Å². The predicted molar refractivity (Wildman–Crippen MR) is 121 cm³/mol. The summed E-state index contributed by atoms with van der Waals surface area (Å²) in [5.74, 6) is -0.226. The van der Waals surface area contributed by atoms with Crippen molar-refractivity contribution in [1.29, 1.82) is 5.41 Å². The lowest BCUT2D eigenvalue weighted by Gasteiger charge is -2.17. The zero-order valence-electron chi connectivity index (χ0n) is 16.5. The van der Waals surface area contributed by atoms with E-state index in [1.807, 2.05) is 31.2 Å². The van der Waals surface area contributed by atoms with Crippen LogP contribution in [0, 0.1) is 18.2 Å². The number of rotatable bonds is 5. The number of aryl methyl sites for hydroxylation is 1. The van der Waals surface area contributed by atoms with Crippen molar-refractivity contribution in [3.05, 3.63) is 87.9 Å². The summed E-state index contributed by atoms with van der Waals surface area (Å²) >= 11 is 5.84. The van der Waals surface area contributed by atoms with Gasteiger partial charge in [0, 0.05) is 5.69 Å². The first-order valence-electron chi connectivity index (χ1n) is 9.36. The van der Waals surface area contributed by atoms with E-state index in [1.165, 1.54) is 17.0 Å². The minimum atomic E-state index is -0.520. The van der Waals surface area contributed by atoms with Crippen molar-refractivity contribution in [2.75, 3.05) is 11.1 Å². The third-order valence-corrected chi connectivity index (χ3v) is 5.15. The summed E-state index contributed by atoms with van der Waals surface area (Å²) in [6.45, 7) is 1.94. The number of nitrogens with zero attached hydrogens (tertiary/aromatic N) is 3. The number of pyridine rings is 1. The molecule has 0 unspecified atom stereocenters. The molecule has 0 aliphatic rings. The average Bonchev–Trinajstić information content (AvgIpc) is 2.73. The Kier molecular flexibility index (Phi) is 5.39. The minimum absolute atomic E-state index is 0.0538. The number of para-hydroxylation sites is 1. The maximum Gasteiger partial charge on any atom is 0.263 e. The van der Waals surface area contributed by atoms with Crippen LogP contribution in [-0.4, -0.2) is 19.7 Å². The average molecular weight is 437 g/mol. The highest BCUT2D eigenvalue weighted by Crippen LogP contribution is 2.23. The third kappa shape index (κ3) is 3.73. The monoisotopic (exact) mass is 436 g/mol. The quantitative estimate of drug-likeness (QED) is 0.410. The Balaban J connectivity index is 1.90. The number of fused-ring (bicyclic) bond motifs is 1. The van der Waals surface area contributed by atoms with Gasteiger partial charge in [0.15, 0.2) is 0 Å². The molecule has 0 saturated heterocycles. The maximum atomic E-state index is 14.7. The smallest absolute Gasteiger partial charge is 0.263 e. The molecule has 0 atom stereocenters. The highest BCUT2D eigenvalue weighted by molar-refractivity contribution is 6.69. The number of nitrogens with one attached hydrogen (secondary N) is 2. The van der Waals surface area contributed by atoms with Crippen molar-refractivity contribution < 1.29 is 4.39 Å². The Bertz CT molecular complexity index is 1380. The molecule has 2 aromatic carbocycles. The second kappa shape index (κ2) is 8.16. The van der Waals surface area contributed by atoms with Gasteiger partial charge in [-0.15, -0.1) is 0 Å². The van der Waals surface area contributed by atoms with Crippen LogP contribution in [0.15, 0.2) is 59.7 Å². The number of hydrogen-bond donors (Lipinski definition) is 3. The van der Waals surface area contributed by atoms with Gasteiger partial charge >= 0.3 is 0 Å². The van der Waals surface area contributed by atoms with Crippen molar-refractivity contribution in [3.63, 3.8) is 0 Å². The zero-order chi connectivity index (χ0) is 22.1. The Morgan fingerprint density at radius 2 is 2.00 bits per heavy atom. The molecule has 0 aliphatic carbocycles. The van der Waals surface area contributed by atoms with Crippen molar-refractivity contribution in [2.45, 2.75) is 13.5 Å². The second-order valence-electron chi connectivity index (χ2n) is 6.92. The SMILES string of the molecule is Cc1cccc2cc(CNc3ncnc(N)c3C(=N)Cl)n(-c3ccccc3F)c(=O)c12. The summed E-state index contributed by atoms with van der Waals surface area (Å²) in [6.07, 6.45) is 1.24. The van der Waals surface area contributed by atoms with Gasteiger partial charge in [-0.2, -0.15) is 0 Å². The number of nitrogen functional groups attached to an aromatic ring is 1. The van der Waals surface area contributed by atoms with E-state index in [9.17, 15) is 9.18 Å².